The number of rotatable bonds is 3. The molecule has 1 atom stereocenters. The van der Waals surface area contributed by atoms with Crippen LogP contribution < -0.4 is 0 Å². The maximum absolute atomic E-state index is 8.25. The first-order valence-electron chi connectivity index (χ1n) is 3.96. The lowest BCUT2D eigenvalue weighted by Crippen LogP contribution is -1.86. The molecule has 0 aliphatic heterocycles. The predicted octanol–water partition coefficient (Wildman–Crippen LogP) is 3.78. The van der Waals surface area contributed by atoms with E-state index in [2.05, 4.69) is 10.0 Å². The molecule has 0 spiro atoms. The zero-order valence-electron chi connectivity index (χ0n) is 7.64. The molecule has 1 aromatic carbocycles. The molecule has 0 fully saturated rings. The molecule has 3 nitrogen and oxygen atoms in total. The average Bonchev–Trinajstić information content (AvgIpc) is 2.18. The van der Waals surface area contributed by atoms with Crippen molar-refractivity contribution in [2.75, 3.05) is 6.26 Å². The van der Waals surface area contributed by atoms with E-state index in [1.807, 2.05) is 37.4 Å². The van der Waals surface area contributed by atoms with Crippen LogP contribution in [0.5, 0.6) is 0 Å². The summed E-state index contributed by atoms with van der Waals surface area (Å²) in [7, 11) is 0. The first-order valence-corrected chi connectivity index (χ1v) is 5.18. The van der Waals surface area contributed by atoms with Crippen molar-refractivity contribution in [3.63, 3.8) is 0 Å². The number of benzene rings is 1. The number of azide groups is 1. The summed E-state index contributed by atoms with van der Waals surface area (Å²) < 4.78 is 0. The molecule has 0 unspecified atom stereocenters. The summed E-state index contributed by atoms with van der Waals surface area (Å²) in [6.07, 6.45) is 2.03. The van der Waals surface area contributed by atoms with Crippen LogP contribution in [0.15, 0.2) is 34.3 Å². The van der Waals surface area contributed by atoms with Crippen LogP contribution in [0.3, 0.4) is 0 Å². The molecule has 0 N–H and O–H groups in total. The monoisotopic (exact) mass is 193 g/mol. The summed E-state index contributed by atoms with van der Waals surface area (Å²) in [5.41, 5.74) is 9.30. The van der Waals surface area contributed by atoms with E-state index >= 15 is 0 Å². The van der Waals surface area contributed by atoms with Crippen molar-refractivity contribution in [1.29, 1.82) is 0 Å². The maximum Gasteiger partial charge on any atom is 0.0597 e. The van der Waals surface area contributed by atoms with Crippen molar-refractivity contribution in [3.05, 3.63) is 40.3 Å². The van der Waals surface area contributed by atoms with Crippen molar-refractivity contribution < 1.29 is 0 Å². The van der Waals surface area contributed by atoms with Crippen LogP contribution in [-0.4, -0.2) is 6.26 Å². The Kier molecular flexibility index (Phi) is 3.68. The Hall–Kier alpha value is -1.12. The Balaban J connectivity index is 2.85. The maximum atomic E-state index is 8.25. The van der Waals surface area contributed by atoms with Crippen LogP contribution >= 0.6 is 11.8 Å². The molecule has 0 saturated carbocycles. The Morgan fingerprint density at radius 3 is 2.46 bits per heavy atom. The van der Waals surface area contributed by atoms with E-state index in [1.54, 1.807) is 11.8 Å². The van der Waals surface area contributed by atoms with Gasteiger partial charge in [-0.05, 0) is 29.5 Å². The van der Waals surface area contributed by atoms with E-state index in [9.17, 15) is 0 Å². The van der Waals surface area contributed by atoms with Gasteiger partial charge < -0.3 is 0 Å². The van der Waals surface area contributed by atoms with Gasteiger partial charge in [-0.1, -0.05) is 24.2 Å². The summed E-state index contributed by atoms with van der Waals surface area (Å²) in [5.74, 6) is 0. The minimum absolute atomic E-state index is 0.0825. The minimum Gasteiger partial charge on any atom is -0.130 e. The van der Waals surface area contributed by atoms with Crippen molar-refractivity contribution in [1.82, 2.24) is 0 Å². The third-order valence-electron chi connectivity index (χ3n) is 1.82. The van der Waals surface area contributed by atoms with Gasteiger partial charge in [-0.2, -0.15) is 0 Å². The Morgan fingerprint density at radius 1 is 1.38 bits per heavy atom. The number of hydrogen-bond donors (Lipinski definition) is 0. The summed E-state index contributed by atoms with van der Waals surface area (Å²) in [6, 6.07) is 7.96. The summed E-state index contributed by atoms with van der Waals surface area (Å²) in [4.78, 5) is 3.99. The summed E-state index contributed by atoms with van der Waals surface area (Å²) in [6.45, 7) is 1.88. The predicted molar refractivity (Wildman–Crippen MR) is 55.8 cm³/mol. The molecule has 0 heterocycles. The summed E-state index contributed by atoms with van der Waals surface area (Å²) in [5, 5.41) is 3.62. The van der Waals surface area contributed by atoms with Gasteiger partial charge in [-0.15, -0.1) is 11.8 Å². The van der Waals surface area contributed by atoms with Gasteiger partial charge in [-0.25, -0.2) is 0 Å². The normalized spacial score (nSPS) is 11.8. The number of hydrogen-bond acceptors (Lipinski definition) is 2. The fraction of sp³-hybridized carbons (Fsp3) is 0.333. The van der Waals surface area contributed by atoms with Crippen LogP contribution in [0.2, 0.25) is 0 Å². The molecule has 0 bridgehead atoms. The van der Waals surface area contributed by atoms with Gasteiger partial charge in [0.2, 0.25) is 0 Å². The molecule has 1 aromatic rings. The van der Waals surface area contributed by atoms with Crippen LogP contribution in [0.25, 0.3) is 10.4 Å². The van der Waals surface area contributed by atoms with Gasteiger partial charge in [0, 0.05) is 9.81 Å². The van der Waals surface area contributed by atoms with Crippen LogP contribution in [-0.2, 0) is 0 Å². The van der Waals surface area contributed by atoms with Gasteiger partial charge in [0.05, 0.1) is 6.04 Å². The molecular formula is C9H11N3S. The van der Waals surface area contributed by atoms with Gasteiger partial charge in [0.15, 0.2) is 0 Å². The highest BCUT2D eigenvalue weighted by atomic mass is 32.2. The van der Waals surface area contributed by atoms with Gasteiger partial charge >= 0.3 is 0 Å². The molecule has 0 aliphatic rings. The fourth-order valence-electron chi connectivity index (χ4n) is 1.03. The molecule has 0 saturated heterocycles. The first-order chi connectivity index (χ1) is 6.27. The molecule has 0 aromatic heterocycles. The molecule has 1 rings (SSSR count). The molecule has 4 heteroatoms. The number of nitrogens with zero attached hydrogens (tertiary/aromatic N) is 3. The van der Waals surface area contributed by atoms with E-state index in [0.29, 0.717) is 0 Å². The highest BCUT2D eigenvalue weighted by Gasteiger charge is 2.01. The van der Waals surface area contributed by atoms with Crippen molar-refractivity contribution in [2.24, 2.45) is 5.11 Å². The standard InChI is InChI=1S/C9H11N3S/c1-7(11-12-10)8-3-5-9(13-2)6-4-8/h3-7H,1-2H3/t7-/m0/s1. The Bertz CT molecular complexity index is 314. The zero-order valence-corrected chi connectivity index (χ0v) is 8.45. The average molecular weight is 193 g/mol. The highest BCUT2D eigenvalue weighted by Crippen LogP contribution is 2.20. The molecule has 0 radical (unpaired) electrons. The van der Waals surface area contributed by atoms with Gasteiger partial charge in [-0.3, -0.25) is 0 Å². The third kappa shape index (κ3) is 2.68. The topological polar surface area (TPSA) is 48.8 Å². The quantitative estimate of drug-likeness (QED) is 0.312. The van der Waals surface area contributed by atoms with E-state index in [4.69, 9.17) is 5.53 Å². The third-order valence-corrected chi connectivity index (χ3v) is 2.57. The second kappa shape index (κ2) is 4.80. The molecule has 0 aliphatic carbocycles. The second-order valence-corrected chi connectivity index (χ2v) is 3.53. The van der Waals surface area contributed by atoms with E-state index in [1.165, 1.54) is 4.90 Å². The molecule has 0 amide bonds. The Labute approximate surface area is 81.8 Å². The van der Waals surface area contributed by atoms with Crippen LogP contribution in [0.4, 0.5) is 0 Å². The van der Waals surface area contributed by atoms with E-state index < -0.39 is 0 Å². The lowest BCUT2D eigenvalue weighted by atomic mass is 10.1. The SMILES string of the molecule is CSc1ccc([C@H](C)N=[N+]=[N-])cc1. The zero-order chi connectivity index (χ0) is 9.68. The van der Waals surface area contributed by atoms with E-state index in [0.717, 1.165) is 5.56 Å². The lowest BCUT2D eigenvalue weighted by molar-refractivity contribution is 0.806. The smallest absolute Gasteiger partial charge is 0.0597 e. The Morgan fingerprint density at radius 2 is 2.00 bits per heavy atom. The van der Waals surface area contributed by atoms with E-state index in [-0.39, 0.29) is 6.04 Å². The van der Waals surface area contributed by atoms with Crippen LogP contribution in [0, 0.1) is 0 Å². The molecule has 68 valence electrons. The van der Waals surface area contributed by atoms with Crippen molar-refractivity contribution in [2.45, 2.75) is 17.9 Å². The van der Waals surface area contributed by atoms with Gasteiger partial charge in [0.1, 0.15) is 0 Å². The molecule has 13 heavy (non-hydrogen) atoms. The van der Waals surface area contributed by atoms with Crippen molar-refractivity contribution in [3.8, 4) is 0 Å². The van der Waals surface area contributed by atoms with Gasteiger partial charge in [0.25, 0.3) is 0 Å². The largest absolute Gasteiger partial charge is 0.130 e. The lowest BCUT2D eigenvalue weighted by Gasteiger charge is -2.04. The summed E-state index contributed by atoms with van der Waals surface area (Å²) >= 11 is 1.70. The fourth-order valence-corrected chi connectivity index (χ4v) is 1.43. The highest BCUT2D eigenvalue weighted by molar-refractivity contribution is 7.98. The number of thioether (sulfide) groups is 1. The second-order valence-electron chi connectivity index (χ2n) is 2.65. The minimum atomic E-state index is -0.0825. The van der Waals surface area contributed by atoms with Crippen LogP contribution in [0.1, 0.15) is 18.5 Å². The first kappa shape index (κ1) is 9.96. The molecular weight excluding hydrogens is 182 g/mol. The van der Waals surface area contributed by atoms with Crippen molar-refractivity contribution >= 4 is 11.8 Å².